The number of ether oxygens (including phenoxy) is 1. The standard InChI is InChI=1S/C28H36N2O5/c1-18(2)14-20(27(32)33)16-29-26(31)13-12-19(3)15-30-28(34)35-17-25-23-10-6-4-8-21(23)22-9-5-7-11-24(22)25/h4-11,18-20,25H,12-17H2,1-3H3,(H,29,31)(H,30,34)(H,32,33). The Bertz CT molecular complexity index is 990. The molecule has 2 aromatic carbocycles. The number of aliphatic carboxylic acids is 1. The molecule has 7 nitrogen and oxygen atoms in total. The summed E-state index contributed by atoms with van der Waals surface area (Å²) in [5.74, 6) is -1.30. The van der Waals surface area contributed by atoms with Crippen LogP contribution < -0.4 is 10.6 Å². The van der Waals surface area contributed by atoms with Gasteiger partial charge in [-0.3, -0.25) is 9.59 Å². The van der Waals surface area contributed by atoms with E-state index >= 15 is 0 Å². The number of benzene rings is 2. The molecule has 0 saturated heterocycles. The van der Waals surface area contributed by atoms with Gasteiger partial charge in [0.05, 0.1) is 5.92 Å². The smallest absolute Gasteiger partial charge is 0.407 e. The van der Waals surface area contributed by atoms with Crippen LogP contribution >= 0.6 is 0 Å². The zero-order valence-electron chi connectivity index (χ0n) is 20.8. The van der Waals surface area contributed by atoms with Crippen molar-refractivity contribution in [2.75, 3.05) is 19.7 Å². The number of nitrogens with one attached hydrogen (secondary N) is 2. The topological polar surface area (TPSA) is 105 Å². The Balaban J connectivity index is 1.38. The molecule has 188 valence electrons. The van der Waals surface area contributed by atoms with E-state index in [4.69, 9.17) is 4.74 Å². The van der Waals surface area contributed by atoms with Gasteiger partial charge in [-0.05, 0) is 46.9 Å². The predicted molar refractivity (Wildman–Crippen MR) is 135 cm³/mol. The molecule has 0 saturated carbocycles. The fraction of sp³-hybridized carbons (Fsp3) is 0.464. The number of hydrogen-bond donors (Lipinski definition) is 3. The monoisotopic (exact) mass is 480 g/mol. The van der Waals surface area contributed by atoms with E-state index in [0.29, 0.717) is 19.4 Å². The molecule has 0 bridgehead atoms. The Labute approximate surface area is 207 Å². The molecule has 1 aliphatic carbocycles. The van der Waals surface area contributed by atoms with Crippen LogP contribution in [0.25, 0.3) is 11.1 Å². The van der Waals surface area contributed by atoms with E-state index in [1.165, 1.54) is 22.3 Å². The highest BCUT2D eigenvalue weighted by Crippen LogP contribution is 2.44. The molecule has 1 aliphatic rings. The van der Waals surface area contributed by atoms with Gasteiger partial charge < -0.3 is 20.5 Å². The third-order valence-corrected chi connectivity index (χ3v) is 6.45. The van der Waals surface area contributed by atoms with Gasteiger partial charge in [0.2, 0.25) is 5.91 Å². The summed E-state index contributed by atoms with van der Waals surface area (Å²) in [4.78, 5) is 35.8. The lowest BCUT2D eigenvalue weighted by Crippen LogP contribution is -2.34. The van der Waals surface area contributed by atoms with Crippen molar-refractivity contribution in [1.82, 2.24) is 10.6 Å². The highest BCUT2D eigenvalue weighted by Gasteiger charge is 2.29. The molecule has 0 spiro atoms. The van der Waals surface area contributed by atoms with Crippen LogP contribution in [-0.4, -0.2) is 42.8 Å². The fourth-order valence-corrected chi connectivity index (χ4v) is 4.55. The number of carbonyl (C=O) groups is 3. The number of amides is 2. The molecule has 3 N–H and O–H groups in total. The van der Waals surface area contributed by atoms with Crippen molar-refractivity contribution < 1.29 is 24.2 Å². The first kappa shape index (κ1) is 26.3. The number of rotatable bonds is 12. The molecule has 35 heavy (non-hydrogen) atoms. The minimum absolute atomic E-state index is 0.0135. The summed E-state index contributed by atoms with van der Waals surface area (Å²) in [6, 6.07) is 16.4. The van der Waals surface area contributed by atoms with Gasteiger partial charge in [0.25, 0.3) is 0 Å². The van der Waals surface area contributed by atoms with Crippen LogP contribution in [0.1, 0.15) is 57.1 Å². The summed E-state index contributed by atoms with van der Waals surface area (Å²) in [5, 5.41) is 14.8. The van der Waals surface area contributed by atoms with Gasteiger partial charge in [0.15, 0.2) is 0 Å². The van der Waals surface area contributed by atoms with Crippen LogP contribution in [0.5, 0.6) is 0 Å². The van der Waals surface area contributed by atoms with Crippen LogP contribution in [-0.2, 0) is 14.3 Å². The molecule has 0 radical (unpaired) electrons. The molecule has 2 aromatic rings. The average molecular weight is 481 g/mol. The molecule has 2 unspecified atom stereocenters. The Morgan fingerprint density at radius 2 is 1.51 bits per heavy atom. The summed E-state index contributed by atoms with van der Waals surface area (Å²) >= 11 is 0. The number of carboxylic acid groups (broad SMARTS) is 1. The van der Waals surface area contributed by atoms with E-state index in [2.05, 4.69) is 34.9 Å². The van der Waals surface area contributed by atoms with E-state index in [1.54, 1.807) is 0 Å². The first-order valence-electron chi connectivity index (χ1n) is 12.3. The lowest BCUT2D eigenvalue weighted by Gasteiger charge is -2.17. The molecule has 0 aliphatic heterocycles. The largest absolute Gasteiger partial charge is 0.481 e. The second kappa shape index (κ2) is 12.4. The lowest BCUT2D eigenvalue weighted by atomic mass is 9.97. The van der Waals surface area contributed by atoms with Crippen molar-refractivity contribution in [3.8, 4) is 11.1 Å². The molecule has 2 amide bonds. The Morgan fingerprint density at radius 3 is 2.09 bits per heavy atom. The van der Waals surface area contributed by atoms with Crippen molar-refractivity contribution in [2.45, 2.75) is 46.0 Å². The van der Waals surface area contributed by atoms with E-state index in [-0.39, 0.29) is 43.2 Å². The molecule has 2 atom stereocenters. The summed E-state index contributed by atoms with van der Waals surface area (Å²) in [6.07, 6.45) is 0.913. The summed E-state index contributed by atoms with van der Waals surface area (Å²) < 4.78 is 5.55. The first-order valence-corrected chi connectivity index (χ1v) is 12.3. The number of carbonyl (C=O) groups excluding carboxylic acids is 2. The molecule has 0 fully saturated rings. The third-order valence-electron chi connectivity index (χ3n) is 6.45. The van der Waals surface area contributed by atoms with Crippen LogP contribution in [0, 0.1) is 17.8 Å². The molecule has 0 heterocycles. The Kier molecular flexibility index (Phi) is 9.29. The van der Waals surface area contributed by atoms with Gasteiger partial charge >= 0.3 is 12.1 Å². The minimum Gasteiger partial charge on any atom is -0.481 e. The van der Waals surface area contributed by atoms with E-state index in [9.17, 15) is 19.5 Å². The predicted octanol–water partition coefficient (Wildman–Crippen LogP) is 4.80. The van der Waals surface area contributed by atoms with Crippen molar-refractivity contribution >= 4 is 18.0 Å². The summed E-state index contributed by atoms with van der Waals surface area (Å²) in [7, 11) is 0. The fourth-order valence-electron chi connectivity index (χ4n) is 4.55. The maximum atomic E-state index is 12.3. The molecule has 0 aromatic heterocycles. The SMILES string of the molecule is CC(C)CC(CNC(=O)CCC(C)CNC(=O)OCC1c2ccccc2-c2ccccc21)C(=O)O. The van der Waals surface area contributed by atoms with Crippen LogP contribution in [0.15, 0.2) is 48.5 Å². The normalized spacial score (nSPS) is 14.1. The molecule has 7 heteroatoms. The quantitative estimate of drug-likeness (QED) is 0.405. The lowest BCUT2D eigenvalue weighted by molar-refractivity contribution is -0.142. The van der Waals surface area contributed by atoms with Gasteiger partial charge in [-0.2, -0.15) is 0 Å². The number of carboxylic acids is 1. The van der Waals surface area contributed by atoms with Crippen LogP contribution in [0.2, 0.25) is 0 Å². The maximum Gasteiger partial charge on any atom is 0.407 e. The maximum absolute atomic E-state index is 12.3. The molecular formula is C28H36N2O5. The molecular weight excluding hydrogens is 444 g/mol. The number of hydrogen-bond acceptors (Lipinski definition) is 4. The third kappa shape index (κ3) is 7.31. The number of alkyl carbamates (subject to hydrolysis) is 1. The Morgan fingerprint density at radius 1 is 0.914 bits per heavy atom. The van der Waals surface area contributed by atoms with Crippen molar-refractivity contribution in [3.63, 3.8) is 0 Å². The highest BCUT2D eigenvalue weighted by molar-refractivity contribution is 5.79. The molecule has 3 rings (SSSR count). The summed E-state index contributed by atoms with van der Waals surface area (Å²) in [5.41, 5.74) is 4.70. The van der Waals surface area contributed by atoms with Crippen molar-refractivity contribution in [2.24, 2.45) is 17.8 Å². The zero-order valence-corrected chi connectivity index (χ0v) is 20.8. The van der Waals surface area contributed by atoms with Gasteiger partial charge in [-0.25, -0.2) is 4.79 Å². The van der Waals surface area contributed by atoms with Crippen molar-refractivity contribution in [1.29, 1.82) is 0 Å². The van der Waals surface area contributed by atoms with Gasteiger partial charge in [-0.1, -0.05) is 69.3 Å². The van der Waals surface area contributed by atoms with E-state index < -0.39 is 18.0 Å². The van der Waals surface area contributed by atoms with Crippen LogP contribution in [0.4, 0.5) is 4.79 Å². The highest BCUT2D eigenvalue weighted by atomic mass is 16.5. The van der Waals surface area contributed by atoms with E-state index in [0.717, 1.165) is 0 Å². The number of fused-ring (bicyclic) bond motifs is 3. The van der Waals surface area contributed by atoms with E-state index in [1.807, 2.05) is 45.0 Å². The average Bonchev–Trinajstić information content (AvgIpc) is 3.16. The first-order chi connectivity index (χ1) is 16.8. The second-order valence-corrected chi connectivity index (χ2v) is 9.82. The second-order valence-electron chi connectivity index (χ2n) is 9.82. The van der Waals surface area contributed by atoms with Gasteiger partial charge in [-0.15, -0.1) is 0 Å². The van der Waals surface area contributed by atoms with Crippen LogP contribution in [0.3, 0.4) is 0 Å². The van der Waals surface area contributed by atoms with Gasteiger partial charge in [0, 0.05) is 25.4 Å². The zero-order chi connectivity index (χ0) is 25.4. The summed E-state index contributed by atoms with van der Waals surface area (Å²) in [6.45, 7) is 6.67. The van der Waals surface area contributed by atoms with Gasteiger partial charge in [0.1, 0.15) is 6.61 Å². The Hall–Kier alpha value is -3.35. The van der Waals surface area contributed by atoms with Crippen molar-refractivity contribution in [3.05, 3.63) is 59.7 Å². The minimum atomic E-state index is -0.889.